The standard InChI is InChI=1S/C6H5F3O4/c7-6(8,9)4(11)1-3(10)2-5(12)13/h1-2H2,(H,12,13). The second-order valence-electron chi connectivity index (χ2n) is 2.21. The smallest absolute Gasteiger partial charge is 0.450 e. The number of hydrogen-bond acceptors (Lipinski definition) is 3. The summed E-state index contributed by atoms with van der Waals surface area (Å²) < 4.78 is 34.5. The summed E-state index contributed by atoms with van der Waals surface area (Å²) in [7, 11) is 0. The van der Waals surface area contributed by atoms with Crippen LogP contribution >= 0.6 is 0 Å². The van der Waals surface area contributed by atoms with Crippen molar-refractivity contribution in [3.05, 3.63) is 0 Å². The fraction of sp³-hybridized carbons (Fsp3) is 0.500. The minimum atomic E-state index is -5.08. The molecule has 0 aromatic heterocycles. The predicted octanol–water partition coefficient (Wildman–Crippen LogP) is 0.552. The van der Waals surface area contributed by atoms with E-state index in [1.165, 1.54) is 0 Å². The average Bonchev–Trinajstić information content (AvgIpc) is 1.82. The second kappa shape index (κ2) is 4.01. The minimum Gasteiger partial charge on any atom is -0.481 e. The van der Waals surface area contributed by atoms with Crippen molar-refractivity contribution in [2.24, 2.45) is 0 Å². The van der Waals surface area contributed by atoms with Crippen LogP contribution in [0, 0.1) is 0 Å². The Morgan fingerprint density at radius 1 is 1.08 bits per heavy atom. The number of alkyl halides is 3. The first-order chi connectivity index (χ1) is 5.73. The summed E-state index contributed by atoms with van der Waals surface area (Å²) in [6, 6.07) is 0. The van der Waals surface area contributed by atoms with Gasteiger partial charge in [-0.05, 0) is 0 Å². The molecule has 0 aliphatic heterocycles. The molecule has 0 aromatic rings. The third-order valence-corrected chi connectivity index (χ3v) is 1.02. The first kappa shape index (κ1) is 11.6. The lowest BCUT2D eigenvalue weighted by molar-refractivity contribution is -0.171. The molecule has 0 aliphatic rings. The summed E-state index contributed by atoms with van der Waals surface area (Å²) >= 11 is 0. The fourth-order valence-corrected chi connectivity index (χ4v) is 0.510. The average molecular weight is 198 g/mol. The van der Waals surface area contributed by atoms with Gasteiger partial charge in [0.25, 0.3) is 0 Å². The highest BCUT2D eigenvalue weighted by Gasteiger charge is 2.39. The maximum Gasteiger partial charge on any atom is 0.450 e. The molecule has 4 nitrogen and oxygen atoms in total. The molecule has 0 unspecified atom stereocenters. The molecule has 1 N–H and O–H groups in total. The molecule has 7 heteroatoms. The largest absolute Gasteiger partial charge is 0.481 e. The Labute approximate surface area is 70.3 Å². The molecule has 0 rings (SSSR count). The van der Waals surface area contributed by atoms with Crippen LogP contribution in [0.1, 0.15) is 12.8 Å². The summed E-state index contributed by atoms with van der Waals surface area (Å²) in [4.78, 5) is 30.4. The Kier molecular flexibility index (Phi) is 3.58. The molecular formula is C6H5F3O4. The van der Waals surface area contributed by atoms with E-state index in [0.717, 1.165) is 0 Å². The molecule has 0 saturated carbocycles. The van der Waals surface area contributed by atoms with Gasteiger partial charge >= 0.3 is 12.1 Å². The number of aliphatic carboxylic acids is 1. The Balaban J connectivity index is 4.08. The lowest BCUT2D eigenvalue weighted by Crippen LogP contribution is -2.26. The second-order valence-corrected chi connectivity index (χ2v) is 2.21. The molecule has 0 radical (unpaired) electrons. The first-order valence-electron chi connectivity index (χ1n) is 3.07. The molecular weight excluding hydrogens is 193 g/mol. The van der Waals surface area contributed by atoms with Gasteiger partial charge in [-0.3, -0.25) is 14.4 Å². The van der Waals surface area contributed by atoms with Gasteiger partial charge in [0, 0.05) is 0 Å². The molecule has 74 valence electrons. The zero-order valence-electron chi connectivity index (χ0n) is 6.22. The Morgan fingerprint density at radius 3 is 1.85 bits per heavy atom. The van der Waals surface area contributed by atoms with E-state index in [2.05, 4.69) is 0 Å². The van der Waals surface area contributed by atoms with Gasteiger partial charge in [0.2, 0.25) is 5.78 Å². The van der Waals surface area contributed by atoms with Crippen LogP contribution in [0.2, 0.25) is 0 Å². The highest BCUT2D eigenvalue weighted by atomic mass is 19.4. The highest BCUT2D eigenvalue weighted by Crippen LogP contribution is 2.18. The molecule has 0 aromatic carbocycles. The molecule has 0 atom stereocenters. The van der Waals surface area contributed by atoms with E-state index in [0.29, 0.717) is 0 Å². The number of Topliss-reactive ketones (excluding diaryl/α,β-unsaturated/α-hetero) is 2. The molecule has 0 aliphatic carbocycles. The van der Waals surface area contributed by atoms with Crippen LogP contribution in [0.5, 0.6) is 0 Å². The van der Waals surface area contributed by atoms with E-state index in [9.17, 15) is 27.6 Å². The van der Waals surface area contributed by atoms with Crippen LogP contribution in [-0.4, -0.2) is 28.8 Å². The monoisotopic (exact) mass is 198 g/mol. The number of carboxylic acid groups (broad SMARTS) is 1. The van der Waals surface area contributed by atoms with E-state index < -0.39 is 36.6 Å². The summed E-state index contributed by atoms with van der Waals surface area (Å²) in [6.07, 6.45) is -7.55. The number of ketones is 2. The van der Waals surface area contributed by atoms with Crippen molar-refractivity contribution in [2.75, 3.05) is 0 Å². The Hall–Kier alpha value is -1.40. The van der Waals surface area contributed by atoms with Gasteiger partial charge in [-0.25, -0.2) is 0 Å². The third kappa shape index (κ3) is 4.94. The normalized spacial score (nSPS) is 11.0. The molecule has 0 bridgehead atoms. The topological polar surface area (TPSA) is 71.4 Å². The highest BCUT2D eigenvalue weighted by molar-refractivity contribution is 6.06. The van der Waals surface area contributed by atoms with Crippen molar-refractivity contribution in [2.45, 2.75) is 19.0 Å². The molecule has 0 spiro atoms. The summed E-state index contributed by atoms with van der Waals surface area (Å²) in [6.45, 7) is 0. The van der Waals surface area contributed by atoms with Gasteiger partial charge < -0.3 is 5.11 Å². The van der Waals surface area contributed by atoms with Crippen LogP contribution in [0.4, 0.5) is 13.2 Å². The van der Waals surface area contributed by atoms with E-state index in [1.807, 2.05) is 0 Å². The number of rotatable bonds is 4. The van der Waals surface area contributed by atoms with Crippen molar-refractivity contribution >= 4 is 17.5 Å². The zero-order chi connectivity index (χ0) is 10.6. The SMILES string of the molecule is O=C(O)CC(=O)CC(=O)C(F)(F)F. The third-order valence-electron chi connectivity index (χ3n) is 1.02. The van der Waals surface area contributed by atoms with Gasteiger partial charge in [0.15, 0.2) is 5.78 Å². The van der Waals surface area contributed by atoms with E-state index in [4.69, 9.17) is 5.11 Å². The van der Waals surface area contributed by atoms with Gasteiger partial charge in [-0.15, -0.1) is 0 Å². The van der Waals surface area contributed by atoms with E-state index in [-0.39, 0.29) is 0 Å². The maximum absolute atomic E-state index is 11.5. The summed E-state index contributed by atoms with van der Waals surface area (Å²) in [5, 5.41) is 7.99. The van der Waals surface area contributed by atoms with Gasteiger partial charge in [-0.2, -0.15) is 13.2 Å². The summed E-state index contributed by atoms with van der Waals surface area (Å²) in [5.41, 5.74) is 0. The predicted molar refractivity (Wildman–Crippen MR) is 32.9 cm³/mol. The van der Waals surface area contributed by atoms with Crippen LogP contribution in [0.15, 0.2) is 0 Å². The summed E-state index contributed by atoms with van der Waals surface area (Å²) in [5.74, 6) is -5.03. The number of carboxylic acids is 1. The molecule has 0 amide bonds. The zero-order valence-corrected chi connectivity index (χ0v) is 6.22. The van der Waals surface area contributed by atoms with Crippen LogP contribution in [0.25, 0.3) is 0 Å². The number of halogens is 3. The molecule has 0 fully saturated rings. The van der Waals surface area contributed by atoms with Gasteiger partial charge in [0.1, 0.15) is 6.42 Å². The number of hydrogen-bond donors (Lipinski definition) is 1. The molecule has 0 heterocycles. The van der Waals surface area contributed by atoms with Gasteiger partial charge in [0.05, 0.1) is 6.42 Å². The van der Waals surface area contributed by atoms with E-state index >= 15 is 0 Å². The maximum atomic E-state index is 11.5. The molecule has 0 saturated heterocycles. The van der Waals surface area contributed by atoms with Crippen molar-refractivity contribution in [1.29, 1.82) is 0 Å². The van der Waals surface area contributed by atoms with Crippen molar-refractivity contribution in [1.82, 2.24) is 0 Å². The quantitative estimate of drug-likeness (QED) is 0.669. The van der Waals surface area contributed by atoms with Crippen LogP contribution in [0.3, 0.4) is 0 Å². The van der Waals surface area contributed by atoms with Crippen molar-refractivity contribution in [3.63, 3.8) is 0 Å². The Morgan fingerprint density at radius 2 is 1.54 bits per heavy atom. The van der Waals surface area contributed by atoms with E-state index in [1.54, 1.807) is 0 Å². The minimum absolute atomic E-state index is 1.07. The Bertz CT molecular complexity index is 243. The molecule has 13 heavy (non-hydrogen) atoms. The lowest BCUT2D eigenvalue weighted by atomic mass is 10.1. The first-order valence-corrected chi connectivity index (χ1v) is 3.07. The number of carbonyl (C=O) groups is 3. The van der Waals surface area contributed by atoms with Crippen LogP contribution in [-0.2, 0) is 14.4 Å². The van der Waals surface area contributed by atoms with Crippen LogP contribution < -0.4 is 0 Å². The fourth-order valence-electron chi connectivity index (χ4n) is 0.510. The lowest BCUT2D eigenvalue weighted by Gasteiger charge is -2.02. The van der Waals surface area contributed by atoms with Crippen molar-refractivity contribution < 1.29 is 32.7 Å². The number of carbonyl (C=O) groups excluding carboxylic acids is 2. The van der Waals surface area contributed by atoms with Gasteiger partial charge in [-0.1, -0.05) is 0 Å². The van der Waals surface area contributed by atoms with Crippen molar-refractivity contribution in [3.8, 4) is 0 Å².